The van der Waals surface area contributed by atoms with Crippen molar-refractivity contribution >= 4 is 106 Å². The third-order valence-electron chi connectivity index (χ3n) is 17.3. The maximum atomic E-state index is 7.72. The summed E-state index contributed by atoms with van der Waals surface area (Å²) in [7, 11) is 0. The summed E-state index contributed by atoms with van der Waals surface area (Å²) in [5.74, 6) is 8.14. The predicted octanol–water partition coefficient (Wildman–Crippen LogP) is 12.5. The largest absolute Gasteiger partial charge is 0.458 e. The number of benzene rings is 9. The molecule has 6 aliphatic rings. The van der Waals surface area contributed by atoms with E-state index in [0.717, 1.165) is 133 Å². The molecule has 2 aromatic heterocycles. The third kappa shape index (κ3) is 6.31. The molecule has 79 heavy (non-hydrogen) atoms. The van der Waals surface area contributed by atoms with Crippen LogP contribution in [0.25, 0.3) is 33.4 Å². The van der Waals surface area contributed by atoms with E-state index in [0.29, 0.717) is 0 Å². The average molecular weight is 1050 g/mol. The van der Waals surface area contributed by atoms with Crippen molar-refractivity contribution in [1.29, 1.82) is 0 Å². The Labute approximate surface area is 467 Å². The first-order valence-corrected chi connectivity index (χ1v) is 28.8. The zero-order valence-corrected chi connectivity index (χ0v) is 45.8. The molecule has 0 saturated carbocycles. The Morgan fingerprint density at radius 1 is 0.329 bits per heavy atom. The zero-order valence-electron chi connectivity index (χ0n) is 44.2. The molecule has 0 fully saturated rings. The Morgan fingerprint density at radius 3 is 1.23 bits per heavy atom. The maximum absolute atomic E-state index is 7.72. The van der Waals surface area contributed by atoms with Gasteiger partial charge in [0.25, 0.3) is 20.1 Å². The van der Waals surface area contributed by atoms with Gasteiger partial charge in [-0.15, -0.1) is 0 Å². The van der Waals surface area contributed by atoms with Crippen LogP contribution < -0.4 is 75.0 Å². The van der Waals surface area contributed by atoms with E-state index >= 15 is 0 Å². The fourth-order valence-corrected chi connectivity index (χ4v) is 17.0. The van der Waals surface area contributed by atoms with Crippen molar-refractivity contribution in [2.45, 2.75) is 41.5 Å². The molecule has 11 heteroatoms. The minimum Gasteiger partial charge on any atom is -0.458 e. The summed E-state index contributed by atoms with van der Waals surface area (Å²) in [4.78, 5) is 2.46. The number of fused-ring (bicyclic) bond motifs is 14. The summed E-state index contributed by atoms with van der Waals surface area (Å²) < 4.78 is 41.2. The molecule has 0 spiro atoms. The Balaban J connectivity index is 0.944. The van der Waals surface area contributed by atoms with E-state index in [4.69, 9.17) is 23.7 Å². The highest BCUT2D eigenvalue weighted by Gasteiger charge is 2.53. The summed E-state index contributed by atoms with van der Waals surface area (Å²) in [5.41, 5.74) is 22.6. The van der Waals surface area contributed by atoms with Crippen molar-refractivity contribution < 1.29 is 23.7 Å². The highest BCUT2D eigenvalue weighted by Crippen LogP contribution is 2.53. The van der Waals surface area contributed by atoms with Gasteiger partial charge in [0.05, 0.1) is 5.69 Å². The molecule has 17 rings (SSSR count). The molecular formula is C68H46B3NO5S2. The van der Waals surface area contributed by atoms with Crippen LogP contribution >= 0.6 is 22.7 Å². The average Bonchev–Trinajstić information content (AvgIpc) is 2.69. The van der Waals surface area contributed by atoms with Crippen molar-refractivity contribution in [3.05, 3.63) is 203 Å². The van der Waals surface area contributed by atoms with Crippen molar-refractivity contribution in [1.82, 2.24) is 0 Å². The van der Waals surface area contributed by atoms with Crippen LogP contribution in [0, 0.1) is 41.5 Å². The van der Waals surface area contributed by atoms with Crippen LogP contribution in [0.4, 0.5) is 17.1 Å². The lowest BCUT2D eigenvalue weighted by Gasteiger charge is -2.39. The molecule has 0 aliphatic carbocycles. The molecule has 8 heterocycles. The lowest BCUT2D eigenvalue weighted by molar-refractivity contribution is 0.420. The monoisotopic (exact) mass is 1050 g/mol. The number of hydrogen-bond acceptors (Lipinski definition) is 8. The number of anilines is 3. The van der Waals surface area contributed by atoms with Gasteiger partial charge in [-0.2, -0.15) is 22.7 Å². The predicted molar refractivity (Wildman–Crippen MR) is 328 cm³/mol. The van der Waals surface area contributed by atoms with Crippen LogP contribution in [0.1, 0.15) is 33.4 Å². The van der Waals surface area contributed by atoms with Crippen LogP contribution in [0.15, 0.2) is 170 Å². The molecule has 0 radical (unpaired) electrons. The highest BCUT2D eigenvalue weighted by molar-refractivity contribution is 7.44. The molecule has 374 valence electrons. The van der Waals surface area contributed by atoms with E-state index in [9.17, 15) is 0 Å². The lowest BCUT2D eigenvalue weighted by Crippen LogP contribution is -2.58. The quantitative estimate of drug-likeness (QED) is 0.164. The minimum absolute atomic E-state index is 0.138. The van der Waals surface area contributed by atoms with Gasteiger partial charge in [-0.1, -0.05) is 109 Å². The third-order valence-corrected chi connectivity index (χ3v) is 19.9. The van der Waals surface area contributed by atoms with E-state index in [1.807, 2.05) is 22.7 Å². The van der Waals surface area contributed by atoms with Crippen molar-refractivity contribution in [3.63, 3.8) is 0 Å². The standard InChI is InChI=1S/C68H46B3NO5S2/c1-35-17-14-18-36(2)55(35)41-29-47-58-50(30-41)73-48-27-12-10-25-45(48)69(58)65-61(72(47)44-23-8-7-9-24-44)62-66(78-65)71-60-53(75-62)33-43(57-39(5)21-16-22-40(57)6)34-54(60)77-64-63-67(79-68(64)71)70-46-26-11-13-28-49(46)74-51-31-42(32-52(76-63)59(51)70)56-37(3)19-15-20-38(56)4/h7-34H,1-6H3. The van der Waals surface area contributed by atoms with Crippen LogP contribution in [-0.4, -0.2) is 20.1 Å². The van der Waals surface area contributed by atoms with Gasteiger partial charge in [0, 0.05) is 41.4 Å². The fourth-order valence-electron chi connectivity index (χ4n) is 14.1. The van der Waals surface area contributed by atoms with E-state index in [1.54, 1.807) is 0 Å². The molecule has 0 saturated heterocycles. The van der Waals surface area contributed by atoms with Crippen LogP contribution in [0.5, 0.6) is 57.5 Å². The van der Waals surface area contributed by atoms with Gasteiger partial charge in [-0.05, 0) is 185 Å². The van der Waals surface area contributed by atoms with Gasteiger partial charge >= 0.3 is 0 Å². The molecule has 0 bridgehead atoms. The molecule has 0 N–H and O–H groups in total. The number of para-hydroxylation sites is 3. The van der Waals surface area contributed by atoms with Crippen LogP contribution in [0.2, 0.25) is 0 Å². The maximum Gasteiger partial charge on any atom is 0.285 e. The van der Waals surface area contributed by atoms with Crippen molar-refractivity contribution in [2.75, 3.05) is 4.90 Å². The molecule has 6 aliphatic heterocycles. The number of ether oxygens (including phenoxy) is 5. The SMILES string of the molecule is Cc1cccc(C)c1-c1cc2c3c(c1)Oc1c(sc4c1Oc1cc(-c5c(C)cccc5C)cc5c1B4c1sc4c(c1O5)N(c1ccccc1)c1cc(-c5c(C)cccc5C)cc5c1B4c1ccccc1O5)B3c1ccccc1O2. The van der Waals surface area contributed by atoms with Gasteiger partial charge < -0.3 is 28.6 Å². The number of nitrogens with zero attached hydrogens (tertiary/aromatic N) is 1. The van der Waals surface area contributed by atoms with Crippen LogP contribution in [-0.2, 0) is 0 Å². The van der Waals surface area contributed by atoms with Gasteiger partial charge in [0.2, 0.25) is 0 Å². The Hall–Kier alpha value is -8.63. The first kappa shape index (κ1) is 45.4. The normalized spacial score (nSPS) is 13.8. The first-order chi connectivity index (χ1) is 38.6. The van der Waals surface area contributed by atoms with Crippen LogP contribution in [0.3, 0.4) is 0 Å². The smallest absolute Gasteiger partial charge is 0.285 e. The van der Waals surface area contributed by atoms with E-state index in [-0.39, 0.29) is 20.1 Å². The second-order valence-corrected chi connectivity index (χ2v) is 24.2. The van der Waals surface area contributed by atoms with E-state index < -0.39 is 0 Å². The van der Waals surface area contributed by atoms with Gasteiger partial charge in [0.1, 0.15) is 40.2 Å². The summed E-state index contributed by atoms with van der Waals surface area (Å²) >= 11 is 3.67. The minimum atomic E-state index is -0.248. The molecular weight excluding hydrogens is 1010 g/mol. The first-order valence-electron chi connectivity index (χ1n) is 27.1. The lowest BCUT2D eigenvalue weighted by atomic mass is 9.36. The summed E-state index contributed by atoms with van der Waals surface area (Å²) in [6.45, 7) is 12.6. The Morgan fingerprint density at radius 2 is 0.709 bits per heavy atom. The summed E-state index contributed by atoms with van der Waals surface area (Å²) in [5, 5.41) is 0. The molecule has 6 nitrogen and oxygen atoms in total. The molecule has 0 amide bonds. The van der Waals surface area contributed by atoms with Crippen molar-refractivity contribution in [2.24, 2.45) is 0 Å². The molecule has 0 atom stereocenters. The molecule has 0 unspecified atom stereocenters. The second kappa shape index (κ2) is 16.5. The number of hydrogen-bond donors (Lipinski definition) is 0. The number of rotatable bonds is 4. The number of aryl methyl sites for hydroxylation is 6. The Kier molecular flexibility index (Phi) is 9.46. The Bertz CT molecular complexity index is 4480. The second-order valence-electron chi connectivity index (χ2n) is 22.0. The van der Waals surface area contributed by atoms with E-state index in [1.165, 1.54) is 54.8 Å². The fraction of sp³-hybridized carbons (Fsp3) is 0.0882. The molecule has 9 aromatic carbocycles. The van der Waals surface area contributed by atoms with Gasteiger partial charge in [-0.3, -0.25) is 0 Å². The van der Waals surface area contributed by atoms with Gasteiger partial charge in [0.15, 0.2) is 17.2 Å². The zero-order chi connectivity index (χ0) is 52.7. The molecule has 11 aromatic rings. The van der Waals surface area contributed by atoms with Gasteiger partial charge in [-0.25, -0.2) is 0 Å². The highest BCUT2D eigenvalue weighted by atomic mass is 32.1. The number of thiophene rings is 2. The van der Waals surface area contributed by atoms with E-state index in [2.05, 4.69) is 216 Å². The summed E-state index contributed by atoms with van der Waals surface area (Å²) in [6.07, 6.45) is 0. The topological polar surface area (TPSA) is 49.4 Å². The summed E-state index contributed by atoms with van der Waals surface area (Å²) in [6, 6.07) is 61.1. The van der Waals surface area contributed by atoms with Crippen molar-refractivity contribution in [3.8, 4) is 90.9 Å².